The highest BCUT2D eigenvalue weighted by Crippen LogP contribution is 2.03. The SMILES string of the molecule is [C-]#[N+]/C(C#N)=c1/cc(CC)/c(=C(\C#N)[N+]#[C-])cc1CC. The van der Waals surface area contributed by atoms with Crippen LogP contribution in [-0.2, 0) is 12.8 Å². The fourth-order valence-electron chi connectivity index (χ4n) is 2.01. The van der Waals surface area contributed by atoms with Gasteiger partial charge in [0.25, 0.3) is 11.4 Å². The summed E-state index contributed by atoms with van der Waals surface area (Å²) in [5, 5.41) is 19.3. The van der Waals surface area contributed by atoms with E-state index in [1.807, 2.05) is 26.0 Å². The molecule has 0 aromatic heterocycles. The summed E-state index contributed by atoms with van der Waals surface area (Å²) in [5.41, 5.74) is 1.70. The number of hydrogen-bond acceptors (Lipinski definition) is 2. The summed E-state index contributed by atoms with van der Waals surface area (Å²) < 4.78 is 0. The van der Waals surface area contributed by atoms with Crippen LogP contribution in [0.25, 0.3) is 21.1 Å². The molecule has 0 N–H and O–H groups in total. The number of nitriles is 2. The van der Waals surface area contributed by atoms with Crippen LogP contribution < -0.4 is 10.4 Å². The molecule has 0 atom stereocenters. The molecule has 0 aliphatic rings. The summed E-state index contributed by atoms with van der Waals surface area (Å²) in [6, 6.07) is 7.32. The van der Waals surface area contributed by atoms with Crippen molar-refractivity contribution in [2.75, 3.05) is 0 Å². The second-order valence-electron chi connectivity index (χ2n) is 4.02. The summed E-state index contributed by atoms with van der Waals surface area (Å²) in [5.74, 6) is 0. The molecule has 20 heavy (non-hydrogen) atoms. The molecule has 0 amide bonds. The van der Waals surface area contributed by atoms with Crippen LogP contribution >= 0.6 is 0 Å². The van der Waals surface area contributed by atoms with E-state index in [0.29, 0.717) is 23.3 Å². The molecule has 0 aliphatic carbocycles. The maximum atomic E-state index is 9.03. The largest absolute Gasteiger partial charge is 0.269 e. The van der Waals surface area contributed by atoms with Gasteiger partial charge in [0.05, 0.1) is 25.3 Å². The van der Waals surface area contributed by atoms with Crippen LogP contribution in [0, 0.1) is 35.8 Å². The third kappa shape index (κ3) is 2.67. The van der Waals surface area contributed by atoms with Gasteiger partial charge in [-0.25, -0.2) is 20.2 Å². The van der Waals surface area contributed by atoms with Crippen LogP contribution in [0.15, 0.2) is 12.1 Å². The van der Waals surface area contributed by atoms with Gasteiger partial charge < -0.3 is 0 Å². The minimum Gasteiger partial charge on any atom is -0.226 e. The minimum atomic E-state index is 0.0458. The fraction of sp³-hybridized carbons (Fsp3) is 0.250. The van der Waals surface area contributed by atoms with Gasteiger partial charge in [-0.1, -0.05) is 37.1 Å². The van der Waals surface area contributed by atoms with Gasteiger partial charge in [-0.05, 0) is 23.3 Å². The van der Waals surface area contributed by atoms with Crippen molar-refractivity contribution in [1.82, 2.24) is 0 Å². The maximum absolute atomic E-state index is 9.03. The Morgan fingerprint density at radius 1 is 0.950 bits per heavy atom. The molecule has 4 nitrogen and oxygen atoms in total. The molecule has 0 radical (unpaired) electrons. The standard InChI is InChI=1S/C16H12N4/c1-5-11-7-14(16(10-18)20-4)12(6-2)8-13(11)15(9-17)19-3/h7-8H,5-6H2,1-2H3/b15-13-,16-14+. The van der Waals surface area contributed by atoms with Crippen LogP contribution in [0.5, 0.6) is 0 Å². The van der Waals surface area contributed by atoms with Gasteiger partial charge in [0.2, 0.25) is 0 Å². The van der Waals surface area contributed by atoms with E-state index >= 15 is 0 Å². The van der Waals surface area contributed by atoms with Crippen molar-refractivity contribution in [3.8, 4) is 12.1 Å². The van der Waals surface area contributed by atoms with Gasteiger partial charge in [-0.15, -0.1) is 0 Å². The molecule has 0 heterocycles. The van der Waals surface area contributed by atoms with Crippen molar-refractivity contribution in [2.24, 2.45) is 0 Å². The Morgan fingerprint density at radius 2 is 1.30 bits per heavy atom. The zero-order valence-electron chi connectivity index (χ0n) is 11.4. The van der Waals surface area contributed by atoms with E-state index in [1.165, 1.54) is 0 Å². The van der Waals surface area contributed by atoms with Crippen LogP contribution in [0.3, 0.4) is 0 Å². The molecule has 4 heteroatoms. The first-order valence-electron chi connectivity index (χ1n) is 6.12. The Kier molecular flexibility index (Phi) is 5.05. The third-order valence-electron chi connectivity index (χ3n) is 3.04. The average Bonchev–Trinajstić information content (AvgIpc) is 2.50. The molecular formula is C16H12N4. The lowest BCUT2D eigenvalue weighted by atomic mass is 10.00. The Bertz CT molecular complexity index is 714. The first kappa shape index (κ1) is 15.0. The highest BCUT2D eigenvalue weighted by molar-refractivity contribution is 5.69. The topological polar surface area (TPSA) is 56.3 Å². The summed E-state index contributed by atoms with van der Waals surface area (Å²) in [7, 11) is 0. The zero-order chi connectivity index (χ0) is 15.1. The predicted molar refractivity (Wildman–Crippen MR) is 75.7 cm³/mol. The normalized spacial score (nSPS) is 12.3. The smallest absolute Gasteiger partial charge is 0.226 e. The summed E-state index contributed by atoms with van der Waals surface area (Å²) >= 11 is 0. The van der Waals surface area contributed by atoms with E-state index in [-0.39, 0.29) is 11.4 Å². The van der Waals surface area contributed by atoms with E-state index in [2.05, 4.69) is 9.69 Å². The van der Waals surface area contributed by atoms with Gasteiger partial charge in [-0.3, -0.25) is 0 Å². The molecule has 0 saturated carbocycles. The number of nitrogens with zero attached hydrogens (tertiary/aromatic N) is 4. The fourth-order valence-corrected chi connectivity index (χ4v) is 2.01. The second kappa shape index (κ2) is 6.75. The molecule has 1 rings (SSSR count). The lowest BCUT2D eigenvalue weighted by Gasteiger charge is -2.05. The third-order valence-corrected chi connectivity index (χ3v) is 3.04. The van der Waals surface area contributed by atoms with Crippen LogP contribution in [0.4, 0.5) is 0 Å². The number of aryl methyl sites for hydroxylation is 2. The predicted octanol–water partition coefficient (Wildman–Crippen LogP) is 1.91. The number of rotatable bonds is 2. The lowest BCUT2D eigenvalue weighted by molar-refractivity contribution is 1.06. The molecule has 96 valence electrons. The molecular weight excluding hydrogens is 248 g/mol. The van der Waals surface area contributed by atoms with Gasteiger partial charge in [-0.2, -0.15) is 0 Å². The molecule has 0 bridgehead atoms. The summed E-state index contributed by atoms with van der Waals surface area (Å²) in [4.78, 5) is 6.50. The number of hydrogen-bond donors (Lipinski definition) is 0. The van der Waals surface area contributed by atoms with Crippen LogP contribution in [0.2, 0.25) is 0 Å². The lowest BCUT2D eigenvalue weighted by Crippen LogP contribution is -2.22. The van der Waals surface area contributed by atoms with E-state index in [0.717, 1.165) is 11.1 Å². The Morgan fingerprint density at radius 3 is 1.50 bits per heavy atom. The molecule has 0 fully saturated rings. The van der Waals surface area contributed by atoms with Crippen molar-refractivity contribution in [2.45, 2.75) is 26.7 Å². The molecule has 0 saturated heterocycles. The van der Waals surface area contributed by atoms with E-state index in [9.17, 15) is 0 Å². The van der Waals surface area contributed by atoms with Gasteiger partial charge in [0.15, 0.2) is 0 Å². The van der Waals surface area contributed by atoms with Crippen LogP contribution in [0.1, 0.15) is 25.0 Å². The second-order valence-corrected chi connectivity index (χ2v) is 4.02. The highest BCUT2D eigenvalue weighted by atomic mass is 14.7. The van der Waals surface area contributed by atoms with Gasteiger partial charge in [0.1, 0.15) is 0 Å². The molecule has 0 aliphatic heterocycles. The van der Waals surface area contributed by atoms with E-state index in [1.54, 1.807) is 12.1 Å². The minimum absolute atomic E-state index is 0.0458. The number of benzene rings is 1. The molecule has 0 spiro atoms. The maximum Gasteiger partial charge on any atom is 0.269 e. The van der Waals surface area contributed by atoms with E-state index in [4.69, 9.17) is 23.7 Å². The van der Waals surface area contributed by atoms with Crippen LogP contribution in [-0.4, -0.2) is 0 Å². The summed E-state index contributed by atoms with van der Waals surface area (Å²) in [6.45, 7) is 18.0. The van der Waals surface area contributed by atoms with Crippen molar-refractivity contribution in [3.05, 3.63) is 56.5 Å². The van der Waals surface area contributed by atoms with Crippen molar-refractivity contribution >= 4 is 11.4 Å². The van der Waals surface area contributed by atoms with Crippen molar-refractivity contribution < 1.29 is 0 Å². The quantitative estimate of drug-likeness (QED) is 0.763. The van der Waals surface area contributed by atoms with Gasteiger partial charge in [0, 0.05) is 0 Å². The monoisotopic (exact) mass is 260 g/mol. The molecule has 0 unspecified atom stereocenters. The molecule has 1 aromatic rings. The van der Waals surface area contributed by atoms with E-state index < -0.39 is 0 Å². The highest BCUT2D eigenvalue weighted by Gasteiger charge is 2.07. The van der Waals surface area contributed by atoms with Crippen molar-refractivity contribution in [1.29, 1.82) is 10.5 Å². The van der Waals surface area contributed by atoms with Gasteiger partial charge >= 0.3 is 0 Å². The molecule has 1 aromatic carbocycles. The zero-order valence-corrected chi connectivity index (χ0v) is 11.4. The first-order valence-corrected chi connectivity index (χ1v) is 6.12. The Labute approximate surface area is 118 Å². The summed E-state index contributed by atoms with van der Waals surface area (Å²) in [6.07, 6.45) is 1.26. The average molecular weight is 260 g/mol. The Balaban J connectivity index is 4.06. The first-order chi connectivity index (χ1) is 9.66. The Hall–Kier alpha value is -3.08. The van der Waals surface area contributed by atoms with Crippen molar-refractivity contribution in [3.63, 3.8) is 0 Å².